The van der Waals surface area contributed by atoms with Gasteiger partial charge in [-0.05, 0) is 37.1 Å². The molecule has 1 N–H and O–H groups in total. The van der Waals surface area contributed by atoms with E-state index in [4.69, 9.17) is 9.05 Å². The van der Waals surface area contributed by atoms with Gasteiger partial charge in [0.15, 0.2) is 0 Å². The van der Waals surface area contributed by atoms with Gasteiger partial charge in [0.05, 0.1) is 13.2 Å². The van der Waals surface area contributed by atoms with E-state index in [1.54, 1.807) is 0 Å². The fourth-order valence-electron chi connectivity index (χ4n) is 1.44. The van der Waals surface area contributed by atoms with E-state index in [2.05, 4.69) is 34.9 Å². The predicted octanol–water partition coefficient (Wildman–Crippen LogP) is 5.60. The third-order valence-electron chi connectivity index (χ3n) is 2.63. The zero-order chi connectivity index (χ0) is 14.8. The van der Waals surface area contributed by atoms with Crippen LogP contribution in [-0.4, -0.2) is 13.2 Å². The van der Waals surface area contributed by atoms with Crippen molar-refractivity contribution < 1.29 is 13.6 Å². The van der Waals surface area contributed by atoms with E-state index in [9.17, 15) is 4.57 Å². The Hall–Kier alpha value is -0.350. The van der Waals surface area contributed by atoms with Gasteiger partial charge in [-0.25, -0.2) is 4.57 Å². The van der Waals surface area contributed by atoms with Crippen LogP contribution in [0.2, 0.25) is 0 Å². The second-order valence-corrected chi connectivity index (χ2v) is 7.14. The van der Waals surface area contributed by atoms with E-state index < -0.39 is 7.75 Å². The fraction of sp³-hybridized carbons (Fsp3) is 0.571. The van der Waals surface area contributed by atoms with Crippen LogP contribution in [0.25, 0.3) is 0 Å². The number of anilines is 1. The SMILES string of the molecule is CCCCOP(=O)(Nc1ccc(Br)cc1)OCCCC. The highest BCUT2D eigenvalue weighted by molar-refractivity contribution is 9.10. The molecule has 1 aromatic rings. The first-order valence-electron chi connectivity index (χ1n) is 7.02. The first kappa shape index (κ1) is 17.7. The molecule has 0 saturated carbocycles. The van der Waals surface area contributed by atoms with Crippen LogP contribution in [0.4, 0.5) is 5.69 Å². The molecule has 6 heteroatoms. The molecular weight excluding hydrogens is 341 g/mol. The van der Waals surface area contributed by atoms with Crippen molar-refractivity contribution in [3.8, 4) is 0 Å². The first-order chi connectivity index (χ1) is 9.59. The molecule has 0 fully saturated rings. The lowest BCUT2D eigenvalue weighted by Gasteiger charge is -2.20. The standard InChI is InChI=1S/C14H23BrNO3P/c1-3-5-11-18-20(17,19-12-6-4-2)16-14-9-7-13(15)8-10-14/h7-10H,3-6,11-12H2,1-2H3,(H,16,17). The number of hydrogen-bond acceptors (Lipinski definition) is 3. The number of benzene rings is 1. The molecule has 0 aliphatic carbocycles. The molecule has 0 saturated heterocycles. The Labute approximate surface area is 130 Å². The molecule has 114 valence electrons. The zero-order valence-corrected chi connectivity index (χ0v) is 14.6. The van der Waals surface area contributed by atoms with Gasteiger partial charge in [-0.1, -0.05) is 42.6 Å². The summed E-state index contributed by atoms with van der Waals surface area (Å²) < 4.78 is 24.5. The van der Waals surface area contributed by atoms with E-state index in [0.717, 1.165) is 35.8 Å². The Kier molecular flexibility index (Phi) is 8.46. The highest BCUT2D eigenvalue weighted by Gasteiger charge is 2.24. The van der Waals surface area contributed by atoms with Crippen molar-refractivity contribution >= 4 is 29.4 Å². The second kappa shape index (κ2) is 9.56. The van der Waals surface area contributed by atoms with Crippen molar-refractivity contribution in [1.82, 2.24) is 0 Å². The van der Waals surface area contributed by atoms with Gasteiger partial charge in [-0.15, -0.1) is 0 Å². The maximum atomic E-state index is 12.6. The summed E-state index contributed by atoms with van der Waals surface area (Å²) in [7, 11) is -3.28. The third kappa shape index (κ3) is 6.89. The van der Waals surface area contributed by atoms with Crippen molar-refractivity contribution in [3.05, 3.63) is 28.7 Å². The molecule has 1 rings (SSSR count). The molecule has 1 aromatic carbocycles. The van der Waals surface area contributed by atoms with Gasteiger partial charge in [-0.3, -0.25) is 14.1 Å². The minimum atomic E-state index is -3.28. The van der Waals surface area contributed by atoms with Crippen LogP contribution in [0.5, 0.6) is 0 Å². The smallest absolute Gasteiger partial charge is 0.293 e. The molecule has 0 amide bonds. The van der Waals surface area contributed by atoms with Crippen LogP contribution in [0.3, 0.4) is 0 Å². The number of nitrogens with one attached hydrogen (secondary N) is 1. The lowest BCUT2D eigenvalue weighted by molar-refractivity contribution is 0.204. The second-order valence-electron chi connectivity index (χ2n) is 4.49. The minimum absolute atomic E-state index is 0.434. The first-order valence-corrected chi connectivity index (χ1v) is 9.36. The lowest BCUT2D eigenvalue weighted by Crippen LogP contribution is -2.07. The molecule has 0 bridgehead atoms. The summed E-state index contributed by atoms with van der Waals surface area (Å²) in [4.78, 5) is 0. The Morgan fingerprint density at radius 1 is 1.05 bits per heavy atom. The van der Waals surface area contributed by atoms with Crippen LogP contribution in [0, 0.1) is 0 Å². The molecule has 0 unspecified atom stereocenters. The number of rotatable bonds is 10. The highest BCUT2D eigenvalue weighted by Crippen LogP contribution is 2.48. The number of unbranched alkanes of at least 4 members (excludes halogenated alkanes) is 2. The predicted molar refractivity (Wildman–Crippen MR) is 87.1 cm³/mol. The van der Waals surface area contributed by atoms with E-state index in [0.29, 0.717) is 13.2 Å². The van der Waals surface area contributed by atoms with Gasteiger partial charge in [0.2, 0.25) is 0 Å². The van der Waals surface area contributed by atoms with Crippen molar-refractivity contribution in [3.63, 3.8) is 0 Å². The molecule has 0 spiro atoms. The van der Waals surface area contributed by atoms with E-state index in [1.165, 1.54) is 0 Å². The van der Waals surface area contributed by atoms with Gasteiger partial charge in [0, 0.05) is 10.2 Å². The summed E-state index contributed by atoms with van der Waals surface area (Å²) in [6, 6.07) is 7.43. The van der Waals surface area contributed by atoms with Crippen molar-refractivity contribution in [2.75, 3.05) is 18.3 Å². The van der Waals surface area contributed by atoms with Crippen LogP contribution in [-0.2, 0) is 13.6 Å². The van der Waals surface area contributed by atoms with Crippen molar-refractivity contribution in [2.45, 2.75) is 39.5 Å². The van der Waals surface area contributed by atoms with E-state index >= 15 is 0 Å². The average Bonchev–Trinajstić information content (AvgIpc) is 2.42. The van der Waals surface area contributed by atoms with Crippen molar-refractivity contribution in [1.29, 1.82) is 0 Å². The molecule has 0 radical (unpaired) electrons. The fourth-order valence-corrected chi connectivity index (χ4v) is 3.11. The quantitative estimate of drug-likeness (QED) is 0.434. The van der Waals surface area contributed by atoms with Crippen molar-refractivity contribution in [2.24, 2.45) is 0 Å². The molecule has 0 aliphatic heterocycles. The van der Waals surface area contributed by atoms with Gasteiger partial charge in [-0.2, -0.15) is 0 Å². The van der Waals surface area contributed by atoms with Crippen LogP contribution < -0.4 is 5.09 Å². The molecule has 4 nitrogen and oxygen atoms in total. The summed E-state index contributed by atoms with van der Waals surface area (Å²) in [5.74, 6) is 0. The minimum Gasteiger partial charge on any atom is -0.293 e. The summed E-state index contributed by atoms with van der Waals surface area (Å²) in [5, 5.41) is 2.89. The summed E-state index contributed by atoms with van der Waals surface area (Å²) in [6.45, 7) is 5.00. The molecule has 0 atom stereocenters. The molecular formula is C14H23BrNO3P. The molecule has 20 heavy (non-hydrogen) atoms. The maximum Gasteiger partial charge on any atom is 0.432 e. The third-order valence-corrected chi connectivity index (χ3v) is 4.73. The maximum absolute atomic E-state index is 12.6. The van der Waals surface area contributed by atoms with Crippen LogP contribution in [0.1, 0.15) is 39.5 Å². The lowest BCUT2D eigenvalue weighted by atomic mass is 10.3. The number of hydrogen-bond donors (Lipinski definition) is 1. The Balaban J connectivity index is 2.64. The van der Waals surface area contributed by atoms with E-state index in [-0.39, 0.29) is 0 Å². The summed E-state index contributed by atoms with van der Waals surface area (Å²) in [5.41, 5.74) is 0.726. The Morgan fingerprint density at radius 3 is 2.00 bits per heavy atom. The Bertz CT molecular complexity index is 411. The zero-order valence-electron chi connectivity index (χ0n) is 12.1. The Morgan fingerprint density at radius 2 is 1.55 bits per heavy atom. The normalized spacial score (nSPS) is 11.6. The molecule has 0 aromatic heterocycles. The van der Waals surface area contributed by atoms with Gasteiger partial charge >= 0.3 is 7.75 Å². The highest BCUT2D eigenvalue weighted by atomic mass is 79.9. The van der Waals surface area contributed by atoms with E-state index in [1.807, 2.05) is 24.3 Å². The van der Waals surface area contributed by atoms with Gasteiger partial charge in [0.25, 0.3) is 0 Å². The van der Waals surface area contributed by atoms with Crippen LogP contribution >= 0.6 is 23.7 Å². The largest absolute Gasteiger partial charge is 0.432 e. The van der Waals surface area contributed by atoms with Gasteiger partial charge in [0.1, 0.15) is 0 Å². The number of halogens is 1. The van der Waals surface area contributed by atoms with Crippen LogP contribution in [0.15, 0.2) is 28.7 Å². The monoisotopic (exact) mass is 363 g/mol. The van der Waals surface area contributed by atoms with Gasteiger partial charge < -0.3 is 0 Å². The average molecular weight is 364 g/mol. The molecule has 0 heterocycles. The molecule has 0 aliphatic rings. The topological polar surface area (TPSA) is 47.6 Å². The summed E-state index contributed by atoms with van der Waals surface area (Å²) >= 11 is 3.37. The summed E-state index contributed by atoms with van der Waals surface area (Å²) in [6.07, 6.45) is 3.72.